The minimum Gasteiger partial charge on any atom is -0.497 e. The largest absolute Gasteiger partial charge is 2.00 e. The van der Waals surface area contributed by atoms with E-state index in [1.54, 1.807) is 0 Å². The second kappa shape index (κ2) is 9.40. The van der Waals surface area contributed by atoms with E-state index in [9.17, 15) is 0 Å². The molecule has 0 fully saturated rings. The summed E-state index contributed by atoms with van der Waals surface area (Å²) in [6.45, 7) is 4.21. The first-order chi connectivity index (χ1) is 19.1. The molecule has 8 rings (SSSR count). The summed E-state index contributed by atoms with van der Waals surface area (Å²) in [7, 11) is 0. The molecule has 0 saturated carbocycles. The molecule has 0 atom stereocenters. The van der Waals surface area contributed by atoms with Crippen molar-refractivity contribution in [2.75, 3.05) is 0 Å². The van der Waals surface area contributed by atoms with Crippen LogP contribution in [0.3, 0.4) is 0 Å². The van der Waals surface area contributed by atoms with Gasteiger partial charge in [0.15, 0.2) is 0 Å². The molecule has 6 aromatic carbocycles. The standard InChI is InChI=1S/C36H22N2O.Pt/c1-21-15-27(19-31-29(21)13-11-25-17-23-7-3-5-9-33(23)37-35(25)31)39-28-16-22(2)30-14-12-26-18-24-8-4-6-10-34(24)38-36(26)32(30)20-28;/h3-18H,1-2H3;/q-2;+2. The molecule has 0 aliphatic heterocycles. The van der Waals surface area contributed by atoms with Gasteiger partial charge in [0.05, 0.1) is 11.0 Å². The van der Waals surface area contributed by atoms with Gasteiger partial charge in [-0.2, -0.15) is 0 Å². The molecule has 192 valence electrons. The van der Waals surface area contributed by atoms with E-state index in [1.807, 2.05) is 36.4 Å². The van der Waals surface area contributed by atoms with E-state index in [0.717, 1.165) is 76.3 Å². The first-order valence-corrected chi connectivity index (χ1v) is 13.1. The van der Waals surface area contributed by atoms with Crippen molar-refractivity contribution in [3.8, 4) is 11.5 Å². The van der Waals surface area contributed by atoms with E-state index in [2.05, 4.69) is 86.6 Å². The second-order valence-electron chi connectivity index (χ2n) is 10.2. The van der Waals surface area contributed by atoms with Gasteiger partial charge in [-0.25, -0.2) is 0 Å². The molecule has 0 unspecified atom stereocenters. The first-order valence-electron chi connectivity index (χ1n) is 13.1. The van der Waals surface area contributed by atoms with Crippen molar-refractivity contribution in [3.63, 3.8) is 0 Å². The number of ether oxygens (including phenoxy) is 1. The summed E-state index contributed by atoms with van der Waals surface area (Å²) < 4.78 is 6.46. The number of hydrogen-bond acceptors (Lipinski definition) is 3. The maximum Gasteiger partial charge on any atom is 2.00 e. The Morgan fingerprint density at radius 2 is 0.975 bits per heavy atom. The van der Waals surface area contributed by atoms with E-state index in [-0.39, 0.29) is 21.1 Å². The summed E-state index contributed by atoms with van der Waals surface area (Å²) in [5, 5.41) is 8.61. The summed E-state index contributed by atoms with van der Waals surface area (Å²) >= 11 is 0. The van der Waals surface area contributed by atoms with Gasteiger partial charge in [0.25, 0.3) is 0 Å². The molecular weight excluding hydrogens is 671 g/mol. The zero-order valence-corrected chi connectivity index (χ0v) is 24.1. The van der Waals surface area contributed by atoms with Crippen LogP contribution in [0.25, 0.3) is 65.2 Å². The minimum atomic E-state index is 0. The van der Waals surface area contributed by atoms with Gasteiger partial charge in [0.1, 0.15) is 0 Å². The number of aromatic nitrogens is 2. The Morgan fingerprint density at radius 1 is 0.525 bits per heavy atom. The SMILES string of the molecule is Cc1cc(Oc2[c-]c3c(ccc4cc5ccccc5nc43)c(C)c2)[c-]c2c1ccc1cc3ccccc3nc12.[Pt+2]. The summed E-state index contributed by atoms with van der Waals surface area (Å²) in [5.74, 6) is 1.30. The van der Waals surface area contributed by atoms with Crippen molar-refractivity contribution >= 4 is 65.2 Å². The van der Waals surface area contributed by atoms with Crippen molar-refractivity contribution in [2.45, 2.75) is 13.8 Å². The number of aryl methyl sites for hydroxylation is 2. The number of pyridine rings is 2. The Morgan fingerprint density at radius 3 is 1.45 bits per heavy atom. The Labute approximate surface area is 245 Å². The molecule has 40 heavy (non-hydrogen) atoms. The third-order valence-electron chi connectivity index (χ3n) is 7.64. The number of para-hydroxylation sites is 2. The van der Waals surface area contributed by atoms with Crippen molar-refractivity contribution in [1.82, 2.24) is 9.97 Å². The van der Waals surface area contributed by atoms with Gasteiger partial charge in [-0.1, -0.05) is 111 Å². The second-order valence-corrected chi connectivity index (χ2v) is 10.2. The molecule has 2 aromatic heterocycles. The van der Waals surface area contributed by atoms with Crippen LogP contribution < -0.4 is 4.74 Å². The van der Waals surface area contributed by atoms with Crippen LogP contribution in [0.15, 0.2) is 97.1 Å². The fraction of sp³-hybridized carbons (Fsp3) is 0.0556. The van der Waals surface area contributed by atoms with Crippen LogP contribution in [-0.2, 0) is 21.1 Å². The predicted molar refractivity (Wildman–Crippen MR) is 161 cm³/mol. The molecule has 0 radical (unpaired) electrons. The van der Waals surface area contributed by atoms with Crippen molar-refractivity contribution in [1.29, 1.82) is 0 Å². The average molecular weight is 694 g/mol. The average Bonchev–Trinajstić information content (AvgIpc) is 2.95. The molecule has 0 N–H and O–H groups in total. The summed E-state index contributed by atoms with van der Waals surface area (Å²) in [5.41, 5.74) is 6.04. The quantitative estimate of drug-likeness (QED) is 0.103. The molecule has 0 amide bonds. The third kappa shape index (κ3) is 3.93. The van der Waals surface area contributed by atoms with E-state index in [0.29, 0.717) is 11.5 Å². The molecule has 0 spiro atoms. The first kappa shape index (κ1) is 24.7. The van der Waals surface area contributed by atoms with Gasteiger partial charge in [-0.3, -0.25) is 9.97 Å². The number of benzene rings is 6. The van der Waals surface area contributed by atoms with Gasteiger partial charge in [-0.15, -0.1) is 32.7 Å². The smallest absolute Gasteiger partial charge is 0.497 e. The monoisotopic (exact) mass is 693 g/mol. The molecule has 0 bridgehead atoms. The van der Waals surface area contributed by atoms with Crippen molar-refractivity contribution in [2.24, 2.45) is 0 Å². The topological polar surface area (TPSA) is 35.0 Å². The normalized spacial score (nSPS) is 11.6. The molecule has 8 aromatic rings. The number of hydrogen-bond donors (Lipinski definition) is 0. The van der Waals surface area contributed by atoms with Crippen LogP contribution in [-0.4, -0.2) is 9.97 Å². The summed E-state index contributed by atoms with van der Waals surface area (Å²) in [6, 6.07) is 40.5. The molecule has 3 nitrogen and oxygen atoms in total. The maximum atomic E-state index is 6.46. The predicted octanol–water partition coefficient (Wildman–Crippen LogP) is 9.40. The van der Waals surface area contributed by atoms with Crippen LogP contribution in [0.1, 0.15) is 11.1 Å². The van der Waals surface area contributed by atoms with Crippen LogP contribution in [0.4, 0.5) is 0 Å². The Bertz CT molecular complexity index is 2130. The summed E-state index contributed by atoms with van der Waals surface area (Å²) in [6.07, 6.45) is 0. The van der Waals surface area contributed by atoms with Gasteiger partial charge < -0.3 is 4.74 Å². The van der Waals surface area contributed by atoms with Crippen LogP contribution in [0, 0.1) is 26.0 Å². The Balaban J connectivity index is 0.00000264. The van der Waals surface area contributed by atoms with Crippen molar-refractivity contribution in [3.05, 3.63) is 120 Å². The number of rotatable bonds is 2. The zero-order chi connectivity index (χ0) is 26.1. The zero-order valence-electron chi connectivity index (χ0n) is 21.9. The van der Waals surface area contributed by atoms with Crippen molar-refractivity contribution < 1.29 is 25.8 Å². The van der Waals surface area contributed by atoms with Crippen LogP contribution in [0.5, 0.6) is 11.5 Å². The molecule has 4 heteroatoms. The van der Waals surface area contributed by atoms with Gasteiger partial charge in [0, 0.05) is 11.5 Å². The summed E-state index contributed by atoms with van der Waals surface area (Å²) in [4.78, 5) is 10.0. The number of fused-ring (bicyclic) bond motifs is 8. The van der Waals surface area contributed by atoms with E-state index in [4.69, 9.17) is 14.7 Å². The van der Waals surface area contributed by atoms with Gasteiger partial charge in [-0.05, 0) is 44.7 Å². The van der Waals surface area contributed by atoms with Crippen LogP contribution in [0.2, 0.25) is 0 Å². The number of nitrogens with zero attached hydrogens (tertiary/aromatic N) is 2. The van der Waals surface area contributed by atoms with Gasteiger partial charge >= 0.3 is 21.1 Å². The molecule has 2 heterocycles. The minimum absolute atomic E-state index is 0. The Hall–Kier alpha value is -4.33. The third-order valence-corrected chi connectivity index (χ3v) is 7.64. The maximum absolute atomic E-state index is 6.46. The molecule has 0 saturated heterocycles. The van der Waals surface area contributed by atoms with E-state index < -0.39 is 0 Å². The molecule has 0 aliphatic rings. The molecule has 0 aliphatic carbocycles. The molecular formula is C36H22N2OPt. The Kier molecular flexibility index (Phi) is 5.80. The van der Waals surface area contributed by atoms with Gasteiger partial charge in [0.2, 0.25) is 0 Å². The van der Waals surface area contributed by atoms with Crippen LogP contribution >= 0.6 is 0 Å². The van der Waals surface area contributed by atoms with E-state index >= 15 is 0 Å². The fourth-order valence-corrected chi connectivity index (χ4v) is 5.69. The van der Waals surface area contributed by atoms with E-state index in [1.165, 1.54) is 0 Å². The fourth-order valence-electron chi connectivity index (χ4n) is 5.69.